The van der Waals surface area contributed by atoms with E-state index in [2.05, 4.69) is 59.8 Å². The maximum atomic E-state index is 5.89. The molecule has 0 unspecified atom stereocenters. The molecule has 6 rings (SSSR count). The van der Waals surface area contributed by atoms with Crippen LogP contribution in [0.4, 0.5) is 0 Å². The van der Waals surface area contributed by atoms with Gasteiger partial charge in [0.25, 0.3) is 0 Å². The van der Waals surface area contributed by atoms with Crippen LogP contribution in [-0.2, 0) is 5.41 Å². The second-order valence-corrected chi connectivity index (χ2v) is 9.86. The summed E-state index contributed by atoms with van der Waals surface area (Å²) in [5, 5.41) is 16.2. The standard InChI is InChI=1S/C27H26N6S/c1-27(10-12-29-13-11-27)25-9-6-18(14-30-25)19-15-31-26-23(16-32-33(26)17-19)21-7-8-24(34-28)22-5-3-2-4-20(21)22/h2-9,14-17,29H,10-13,28H2,1H3. The first kappa shape index (κ1) is 21.3. The van der Waals surface area contributed by atoms with Crippen molar-refractivity contribution in [3.8, 4) is 22.3 Å². The Morgan fingerprint density at radius 3 is 2.44 bits per heavy atom. The molecular formula is C27H26N6S. The lowest BCUT2D eigenvalue weighted by Crippen LogP contribution is -2.38. The van der Waals surface area contributed by atoms with Crippen LogP contribution in [0.5, 0.6) is 0 Å². The van der Waals surface area contributed by atoms with Gasteiger partial charge in [-0.05, 0) is 66.3 Å². The largest absolute Gasteiger partial charge is 0.317 e. The summed E-state index contributed by atoms with van der Waals surface area (Å²) in [5.74, 6) is 0. The molecule has 4 heterocycles. The van der Waals surface area contributed by atoms with E-state index in [4.69, 9.17) is 15.1 Å². The highest BCUT2D eigenvalue weighted by Gasteiger charge is 2.29. The van der Waals surface area contributed by atoms with E-state index in [0.29, 0.717) is 0 Å². The first-order valence-corrected chi connectivity index (χ1v) is 12.4. The van der Waals surface area contributed by atoms with Gasteiger partial charge in [-0.3, -0.25) is 10.1 Å². The Hall–Kier alpha value is -3.26. The van der Waals surface area contributed by atoms with Crippen LogP contribution in [0.3, 0.4) is 0 Å². The number of piperidine rings is 1. The van der Waals surface area contributed by atoms with E-state index in [0.717, 1.165) is 69.5 Å². The van der Waals surface area contributed by atoms with Gasteiger partial charge >= 0.3 is 0 Å². The van der Waals surface area contributed by atoms with Gasteiger partial charge in [-0.1, -0.05) is 43.3 Å². The number of pyridine rings is 1. The molecule has 34 heavy (non-hydrogen) atoms. The number of nitrogens with zero attached hydrogens (tertiary/aromatic N) is 4. The third kappa shape index (κ3) is 3.57. The molecule has 7 heteroatoms. The van der Waals surface area contributed by atoms with Crippen molar-refractivity contribution < 1.29 is 0 Å². The molecule has 0 radical (unpaired) electrons. The van der Waals surface area contributed by atoms with Crippen LogP contribution in [0.2, 0.25) is 0 Å². The highest BCUT2D eigenvalue weighted by Crippen LogP contribution is 2.36. The van der Waals surface area contributed by atoms with Gasteiger partial charge in [-0.25, -0.2) is 9.50 Å². The van der Waals surface area contributed by atoms with Crippen molar-refractivity contribution in [2.24, 2.45) is 5.14 Å². The van der Waals surface area contributed by atoms with Crippen LogP contribution < -0.4 is 10.5 Å². The number of nitrogens with one attached hydrogen (secondary N) is 1. The Kier molecular flexibility index (Phi) is 5.32. The SMILES string of the molecule is CC1(c2ccc(-c3cnc4c(-c5ccc(SN)c6ccccc56)cnn4c3)cn2)CCNCC1. The van der Waals surface area contributed by atoms with Gasteiger partial charge in [0.2, 0.25) is 0 Å². The monoisotopic (exact) mass is 466 g/mol. The Morgan fingerprint density at radius 1 is 0.882 bits per heavy atom. The van der Waals surface area contributed by atoms with Crippen molar-refractivity contribution in [2.75, 3.05) is 13.1 Å². The third-order valence-electron chi connectivity index (χ3n) is 7.08. The fourth-order valence-electron chi connectivity index (χ4n) is 4.98. The summed E-state index contributed by atoms with van der Waals surface area (Å²) in [4.78, 5) is 10.7. The van der Waals surface area contributed by atoms with E-state index in [1.165, 1.54) is 17.6 Å². The summed E-state index contributed by atoms with van der Waals surface area (Å²) < 4.78 is 1.85. The molecule has 0 saturated carbocycles. The minimum absolute atomic E-state index is 0.142. The van der Waals surface area contributed by atoms with E-state index < -0.39 is 0 Å². The second kappa shape index (κ2) is 8.51. The highest BCUT2D eigenvalue weighted by molar-refractivity contribution is 7.97. The fourth-order valence-corrected chi connectivity index (χ4v) is 5.43. The predicted octanol–water partition coefficient (Wildman–Crippen LogP) is 5.22. The van der Waals surface area contributed by atoms with Crippen LogP contribution in [0.25, 0.3) is 38.7 Å². The molecule has 0 aliphatic carbocycles. The minimum Gasteiger partial charge on any atom is -0.317 e. The van der Waals surface area contributed by atoms with Gasteiger partial charge in [0.05, 0.1) is 6.20 Å². The van der Waals surface area contributed by atoms with Crippen molar-refractivity contribution in [1.29, 1.82) is 0 Å². The number of aromatic nitrogens is 4. The zero-order chi connectivity index (χ0) is 23.1. The number of fused-ring (bicyclic) bond motifs is 2. The molecule has 0 bridgehead atoms. The van der Waals surface area contributed by atoms with Gasteiger partial charge in [0, 0.05) is 51.3 Å². The highest BCUT2D eigenvalue weighted by atomic mass is 32.2. The molecule has 1 aliphatic rings. The average Bonchev–Trinajstić information content (AvgIpc) is 3.31. The number of benzene rings is 2. The molecule has 170 valence electrons. The van der Waals surface area contributed by atoms with Gasteiger partial charge in [0.1, 0.15) is 0 Å². The van der Waals surface area contributed by atoms with Crippen molar-refractivity contribution in [3.05, 3.63) is 79.0 Å². The van der Waals surface area contributed by atoms with Crippen molar-refractivity contribution in [2.45, 2.75) is 30.1 Å². The summed E-state index contributed by atoms with van der Waals surface area (Å²) in [6.07, 6.45) is 10.0. The average molecular weight is 467 g/mol. The zero-order valence-electron chi connectivity index (χ0n) is 19.0. The molecular weight excluding hydrogens is 440 g/mol. The number of hydrogen-bond acceptors (Lipinski definition) is 6. The lowest BCUT2D eigenvalue weighted by atomic mass is 9.78. The van der Waals surface area contributed by atoms with E-state index in [-0.39, 0.29) is 5.41 Å². The normalized spacial score (nSPS) is 15.7. The Morgan fingerprint density at radius 2 is 1.68 bits per heavy atom. The van der Waals surface area contributed by atoms with Gasteiger partial charge in [-0.2, -0.15) is 5.10 Å². The smallest absolute Gasteiger partial charge is 0.162 e. The summed E-state index contributed by atoms with van der Waals surface area (Å²) in [6.45, 7) is 4.41. The maximum Gasteiger partial charge on any atom is 0.162 e. The molecule has 0 spiro atoms. The van der Waals surface area contributed by atoms with Crippen molar-refractivity contribution in [3.63, 3.8) is 0 Å². The van der Waals surface area contributed by atoms with Crippen molar-refractivity contribution in [1.82, 2.24) is 24.9 Å². The van der Waals surface area contributed by atoms with Crippen LogP contribution >= 0.6 is 11.9 Å². The topological polar surface area (TPSA) is 81.1 Å². The molecule has 2 aromatic carbocycles. The molecule has 3 aromatic heterocycles. The maximum absolute atomic E-state index is 5.89. The van der Waals surface area contributed by atoms with E-state index in [1.807, 2.05) is 35.4 Å². The summed E-state index contributed by atoms with van der Waals surface area (Å²) in [7, 11) is 0. The van der Waals surface area contributed by atoms with E-state index in [9.17, 15) is 0 Å². The zero-order valence-corrected chi connectivity index (χ0v) is 19.8. The number of hydrogen-bond donors (Lipinski definition) is 2. The summed E-state index contributed by atoms with van der Waals surface area (Å²) in [6, 6.07) is 16.8. The molecule has 6 nitrogen and oxygen atoms in total. The van der Waals surface area contributed by atoms with Crippen LogP contribution in [0.1, 0.15) is 25.5 Å². The van der Waals surface area contributed by atoms with Crippen LogP contribution in [0.15, 0.2) is 78.2 Å². The van der Waals surface area contributed by atoms with Crippen LogP contribution in [-0.4, -0.2) is 32.7 Å². The summed E-state index contributed by atoms with van der Waals surface area (Å²) >= 11 is 1.27. The van der Waals surface area contributed by atoms with Crippen molar-refractivity contribution >= 4 is 28.4 Å². The molecule has 1 saturated heterocycles. The molecule has 0 atom stereocenters. The number of rotatable bonds is 4. The van der Waals surface area contributed by atoms with Gasteiger partial charge in [0.15, 0.2) is 5.65 Å². The third-order valence-corrected chi connectivity index (χ3v) is 7.69. The lowest BCUT2D eigenvalue weighted by molar-refractivity contribution is 0.327. The first-order valence-electron chi connectivity index (χ1n) is 11.6. The van der Waals surface area contributed by atoms with Gasteiger partial charge < -0.3 is 5.32 Å². The molecule has 5 aromatic rings. The van der Waals surface area contributed by atoms with E-state index in [1.54, 1.807) is 0 Å². The number of nitrogens with two attached hydrogens (primary N) is 1. The fraction of sp³-hybridized carbons (Fsp3) is 0.222. The minimum atomic E-state index is 0.142. The molecule has 0 amide bonds. The first-order chi connectivity index (χ1) is 16.7. The van der Waals surface area contributed by atoms with Gasteiger partial charge in [-0.15, -0.1) is 0 Å². The molecule has 3 N–H and O–H groups in total. The second-order valence-electron chi connectivity index (χ2n) is 9.19. The predicted molar refractivity (Wildman–Crippen MR) is 139 cm³/mol. The van der Waals surface area contributed by atoms with E-state index >= 15 is 0 Å². The molecule has 1 fully saturated rings. The summed E-state index contributed by atoms with van der Waals surface area (Å²) in [5.41, 5.74) is 6.28. The Labute approximate surface area is 202 Å². The Balaban J connectivity index is 1.37. The Bertz CT molecular complexity index is 1480. The molecule has 1 aliphatic heterocycles. The lowest BCUT2D eigenvalue weighted by Gasteiger charge is -2.33. The van der Waals surface area contributed by atoms with Crippen LogP contribution in [0, 0.1) is 0 Å². The quantitative estimate of drug-likeness (QED) is 0.354.